The lowest BCUT2D eigenvalue weighted by Crippen LogP contribution is -2.49. The predicted octanol–water partition coefficient (Wildman–Crippen LogP) is 3.42. The first-order chi connectivity index (χ1) is 16.3. The van der Waals surface area contributed by atoms with Crippen molar-refractivity contribution in [1.82, 2.24) is 14.5 Å². The first-order valence-corrected chi connectivity index (χ1v) is 12.3. The van der Waals surface area contributed by atoms with Gasteiger partial charge in [-0.25, -0.2) is 21.9 Å². The van der Waals surface area contributed by atoms with Crippen LogP contribution in [0.15, 0.2) is 77.7 Å². The number of amides is 1. The van der Waals surface area contributed by atoms with Crippen LogP contribution in [-0.2, 0) is 10.0 Å². The van der Waals surface area contributed by atoms with Crippen molar-refractivity contribution >= 4 is 15.9 Å². The molecule has 0 spiro atoms. The quantitative estimate of drug-likeness (QED) is 0.581. The van der Waals surface area contributed by atoms with Gasteiger partial charge in [0.2, 0.25) is 10.0 Å². The summed E-state index contributed by atoms with van der Waals surface area (Å²) in [6.07, 6.45) is 0. The van der Waals surface area contributed by atoms with Crippen LogP contribution in [-0.4, -0.2) is 57.4 Å². The predicted molar refractivity (Wildman–Crippen MR) is 125 cm³/mol. The Kier molecular flexibility index (Phi) is 7.06. The summed E-state index contributed by atoms with van der Waals surface area (Å²) < 4.78 is 53.1. The van der Waals surface area contributed by atoms with Gasteiger partial charge >= 0.3 is 0 Å². The molecule has 1 aliphatic rings. The third kappa shape index (κ3) is 5.16. The summed E-state index contributed by atoms with van der Waals surface area (Å²) in [5, 5.41) is 0. The summed E-state index contributed by atoms with van der Waals surface area (Å²) in [4.78, 5) is 17.0. The Balaban J connectivity index is 1.49. The van der Waals surface area contributed by atoms with Gasteiger partial charge in [-0.1, -0.05) is 24.3 Å². The van der Waals surface area contributed by atoms with Gasteiger partial charge in [-0.2, -0.15) is 0 Å². The minimum Gasteiger partial charge on any atom is -0.336 e. The molecule has 9 heteroatoms. The molecule has 0 atom stereocenters. The van der Waals surface area contributed by atoms with Crippen LogP contribution in [0.2, 0.25) is 0 Å². The van der Waals surface area contributed by atoms with Crippen LogP contribution in [0.3, 0.4) is 0 Å². The molecular formula is C25H25F2N3O3S. The van der Waals surface area contributed by atoms with Crippen molar-refractivity contribution in [3.05, 3.63) is 101 Å². The van der Waals surface area contributed by atoms with Crippen LogP contribution >= 0.6 is 0 Å². The lowest BCUT2D eigenvalue weighted by atomic mass is 9.96. The van der Waals surface area contributed by atoms with Crippen molar-refractivity contribution in [2.45, 2.75) is 10.9 Å². The summed E-state index contributed by atoms with van der Waals surface area (Å²) in [5.74, 6) is -0.829. The highest BCUT2D eigenvalue weighted by Gasteiger charge is 2.29. The fraction of sp³-hybridized carbons (Fsp3) is 0.240. The molecule has 1 saturated heterocycles. The van der Waals surface area contributed by atoms with E-state index in [2.05, 4.69) is 9.62 Å². The van der Waals surface area contributed by atoms with Gasteiger partial charge in [0.1, 0.15) is 11.6 Å². The van der Waals surface area contributed by atoms with Crippen molar-refractivity contribution in [2.24, 2.45) is 0 Å². The Morgan fingerprint density at radius 3 is 1.71 bits per heavy atom. The molecule has 3 aromatic carbocycles. The maximum absolute atomic E-state index is 13.5. The van der Waals surface area contributed by atoms with Crippen LogP contribution in [0, 0.1) is 11.6 Å². The van der Waals surface area contributed by atoms with E-state index in [0.29, 0.717) is 31.7 Å². The van der Waals surface area contributed by atoms with Gasteiger partial charge < -0.3 is 4.90 Å². The zero-order chi connectivity index (χ0) is 24.3. The van der Waals surface area contributed by atoms with Crippen LogP contribution in [0.4, 0.5) is 8.78 Å². The van der Waals surface area contributed by atoms with E-state index in [4.69, 9.17) is 0 Å². The molecule has 0 aromatic heterocycles. The van der Waals surface area contributed by atoms with Crippen LogP contribution < -0.4 is 4.72 Å². The second-order valence-electron chi connectivity index (χ2n) is 8.07. The van der Waals surface area contributed by atoms with Gasteiger partial charge in [0.25, 0.3) is 5.91 Å². The normalized spacial score (nSPS) is 15.0. The number of halogens is 2. The Bertz CT molecular complexity index is 1190. The average molecular weight is 486 g/mol. The lowest BCUT2D eigenvalue weighted by molar-refractivity contribution is 0.0597. The molecule has 0 saturated carbocycles. The van der Waals surface area contributed by atoms with Gasteiger partial charge in [-0.05, 0) is 66.7 Å². The van der Waals surface area contributed by atoms with Crippen molar-refractivity contribution in [3.8, 4) is 0 Å². The minimum atomic E-state index is -3.57. The van der Waals surface area contributed by atoms with Crippen LogP contribution in [0.5, 0.6) is 0 Å². The minimum absolute atomic E-state index is 0.0952. The average Bonchev–Trinajstić information content (AvgIpc) is 2.86. The Labute approximate surface area is 197 Å². The van der Waals surface area contributed by atoms with Gasteiger partial charge in [-0.3, -0.25) is 9.69 Å². The van der Waals surface area contributed by atoms with E-state index in [1.807, 2.05) is 0 Å². The molecule has 4 rings (SSSR count). The highest BCUT2D eigenvalue weighted by Crippen LogP contribution is 2.30. The SMILES string of the molecule is CNS(=O)(=O)c1ccc(C(=O)N2CCN(C(c3ccc(F)cc3)c3ccc(F)cc3)CC2)cc1. The maximum Gasteiger partial charge on any atom is 0.253 e. The number of rotatable bonds is 6. The first-order valence-electron chi connectivity index (χ1n) is 10.9. The fourth-order valence-corrected chi connectivity index (χ4v) is 4.89. The third-order valence-corrected chi connectivity index (χ3v) is 7.45. The van der Waals surface area contributed by atoms with E-state index in [9.17, 15) is 22.0 Å². The summed E-state index contributed by atoms with van der Waals surface area (Å²) in [6, 6.07) is 18.2. The van der Waals surface area contributed by atoms with E-state index >= 15 is 0 Å². The van der Waals surface area contributed by atoms with Crippen molar-refractivity contribution in [2.75, 3.05) is 33.2 Å². The number of hydrogen-bond donors (Lipinski definition) is 1. The molecule has 34 heavy (non-hydrogen) atoms. The zero-order valence-electron chi connectivity index (χ0n) is 18.6. The summed E-state index contributed by atoms with van der Waals surface area (Å²) in [7, 11) is -2.24. The molecule has 1 N–H and O–H groups in total. The molecule has 0 radical (unpaired) electrons. The molecule has 0 bridgehead atoms. The molecule has 0 aliphatic carbocycles. The molecule has 6 nitrogen and oxygen atoms in total. The molecule has 178 valence electrons. The topological polar surface area (TPSA) is 69.7 Å². The molecule has 1 aliphatic heterocycles. The highest BCUT2D eigenvalue weighted by molar-refractivity contribution is 7.89. The van der Waals surface area contributed by atoms with Crippen LogP contribution in [0.1, 0.15) is 27.5 Å². The molecule has 0 unspecified atom stereocenters. The van der Waals surface area contributed by atoms with Gasteiger partial charge in [0.15, 0.2) is 0 Å². The molecule has 3 aromatic rings. The van der Waals surface area contributed by atoms with Gasteiger partial charge in [-0.15, -0.1) is 0 Å². The largest absolute Gasteiger partial charge is 0.336 e. The van der Waals surface area contributed by atoms with E-state index in [1.54, 1.807) is 29.2 Å². The number of nitrogens with one attached hydrogen (secondary N) is 1. The first kappa shape index (κ1) is 24.0. The molecule has 1 heterocycles. The van der Waals surface area contributed by atoms with Gasteiger partial charge in [0, 0.05) is 31.7 Å². The monoisotopic (exact) mass is 485 g/mol. The summed E-state index contributed by atoms with van der Waals surface area (Å²) in [5.41, 5.74) is 2.18. The Morgan fingerprint density at radius 1 is 0.794 bits per heavy atom. The van der Waals surface area contributed by atoms with E-state index < -0.39 is 10.0 Å². The Morgan fingerprint density at radius 2 is 1.26 bits per heavy atom. The van der Waals surface area contributed by atoms with Crippen molar-refractivity contribution < 1.29 is 22.0 Å². The number of nitrogens with zero attached hydrogens (tertiary/aromatic N) is 2. The zero-order valence-corrected chi connectivity index (χ0v) is 19.4. The second kappa shape index (κ2) is 10.0. The highest BCUT2D eigenvalue weighted by atomic mass is 32.2. The molecular weight excluding hydrogens is 460 g/mol. The number of piperazine rings is 1. The number of carbonyl (C=O) groups excluding carboxylic acids is 1. The van der Waals surface area contributed by atoms with E-state index in [0.717, 1.165) is 11.1 Å². The summed E-state index contributed by atoms with van der Waals surface area (Å²) >= 11 is 0. The van der Waals surface area contributed by atoms with Gasteiger partial charge in [0.05, 0.1) is 10.9 Å². The molecule has 1 fully saturated rings. The lowest BCUT2D eigenvalue weighted by Gasteiger charge is -2.39. The van der Waals surface area contributed by atoms with E-state index in [1.165, 1.54) is 55.6 Å². The third-order valence-electron chi connectivity index (χ3n) is 6.02. The second-order valence-corrected chi connectivity index (χ2v) is 9.95. The number of sulfonamides is 1. The molecule has 1 amide bonds. The standard InChI is InChI=1S/C25H25F2N3O3S/c1-28-34(32,33)23-12-6-20(7-13-23)25(31)30-16-14-29(15-17-30)24(18-2-8-21(26)9-3-18)19-4-10-22(27)11-5-19/h2-13,24,28H,14-17H2,1H3. The smallest absolute Gasteiger partial charge is 0.253 e. The maximum atomic E-state index is 13.5. The summed E-state index contributed by atoms with van der Waals surface area (Å²) in [6.45, 7) is 2.07. The van der Waals surface area contributed by atoms with Crippen LogP contribution in [0.25, 0.3) is 0 Å². The van der Waals surface area contributed by atoms with Crippen molar-refractivity contribution in [3.63, 3.8) is 0 Å². The Hall–Kier alpha value is -3.14. The van der Waals surface area contributed by atoms with E-state index in [-0.39, 0.29) is 28.5 Å². The fourth-order valence-electron chi connectivity index (χ4n) is 4.16. The number of carbonyl (C=O) groups is 1. The van der Waals surface area contributed by atoms with Crippen molar-refractivity contribution in [1.29, 1.82) is 0 Å². The number of benzene rings is 3. The number of hydrogen-bond acceptors (Lipinski definition) is 4.